The summed E-state index contributed by atoms with van der Waals surface area (Å²) in [4.78, 5) is 19.0. The Balaban J connectivity index is 1.68. The van der Waals surface area contributed by atoms with Gasteiger partial charge in [-0.1, -0.05) is 6.07 Å². The molecule has 0 saturated carbocycles. The van der Waals surface area contributed by atoms with E-state index >= 15 is 0 Å². The molecule has 0 aliphatic carbocycles. The highest BCUT2D eigenvalue weighted by atomic mass is 19.4. The van der Waals surface area contributed by atoms with Gasteiger partial charge in [0.15, 0.2) is 0 Å². The van der Waals surface area contributed by atoms with E-state index < -0.39 is 17.3 Å². The van der Waals surface area contributed by atoms with Gasteiger partial charge in [-0.2, -0.15) is 13.2 Å². The summed E-state index contributed by atoms with van der Waals surface area (Å²) in [6, 6.07) is 7.12. The average molecular weight is 419 g/mol. The van der Waals surface area contributed by atoms with Crippen LogP contribution in [0.2, 0.25) is 0 Å². The smallest absolute Gasteiger partial charge is 0.416 e. The standard InChI is InChI=1S/C22H24F3N3O2/c1-13-10-14(16-5-4-15(22(23,24)25)12-19(16)30-3)11-18(26-13)17-6-7-21(27-17)8-9-28(2)20(21)29/h4-5,10-12,17,27H,6-9H2,1-3H3/t17-,21+/m0/s1. The lowest BCUT2D eigenvalue weighted by molar-refractivity contribution is -0.137. The lowest BCUT2D eigenvalue weighted by Gasteiger charge is -2.23. The number of methoxy groups -OCH3 is 1. The normalized spacial score (nSPS) is 24.1. The lowest BCUT2D eigenvalue weighted by atomic mass is 9.96. The van der Waals surface area contributed by atoms with Crippen LogP contribution in [0.1, 0.15) is 42.3 Å². The summed E-state index contributed by atoms with van der Waals surface area (Å²) in [7, 11) is 3.17. The van der Waals surface area contributed by atoms with Crippen molar-refractivity contribution in [3.05, 3.63) is 47.3 Å². The van der Waals surface area contributed by atoms with Gasteiger partial charge in [-0.25, -0.2) is 0 Å². The maximum atomic E-state index is 13.1. The predicted molar refractivity (Wildman–Crippen MR) is 106 cm³/mol. The van der Waals surface area contributed by atoms with E-state index in [1.807, 2.05) is 26.1 Å². The van der Waals surface area contributed by atoms with Gasteiger partial charge in [-0.15, -0.1) is 0 Å². The first-order valence-corrected chi connectivity index (χ1v) is 9.90. The van der Waals surface area contributed by atoms with Gasteiger partial charge in [0.2, 0.25) is 5.91 Å². The Kier molecular flexibility index (Phi) is 5.00. The number of nitrogens with zero attached hydrogens (tertiary/aromatic N) is 2. The molecule has 0 unspecified atom stereocenters. The van der Waals surface area contributed by atoms with Crippen molar-refractivity contribution in [3.8, 4) is 16.9 Å². The van der Waals surface area contributed by atoms with E-state index in [-0.39, 0.29) is 17.7 Å². The summed E-state index contributed by atoms with van der Waals surface area (Å²) in [6.45, 7) is 2.58. The van der Waals surface area contributed by atoms with Crippen molar-refractivity contribution in [3.63, 3.8) is 0 Å². The molecule has 1 aromatic carbocycles. The molecular formula is C22H24F3N3O2. The predicted octanol–water partition coefficient (Wildman–Crippen LogP) is 4.11. The first-order chi connectivity index (χ1) is 14.1. The van der Waals surface area contributed by atoms with Crippen LogP contribution < -0.4 is 10.1 Å². The minimum absolute atomic E-state index is 0.0838. The van der Waals surface area contributed by atoms with E-state index in [9.17, 15) is 18.0 Å². The molecule has 2 aliphatic heterocycles. The van der Waals surface area contributed by atoms with Gasteiger partial charge < -0.3 is 9.64 Å². The molecular weight excluding hydrogens is 395 g/mol. The van der Waals surface area contributed by atoms with Gasteiger partial charge in [0, 0.05) is 24.8 Å². The number of aryl methyl sites for hydroxylation is 1. The molecule has 4 rings (SSSR count). The molecule has 2 fully saturated rings. The summed E-state index contributed by atoms with van der Waals surface area (Å²) in [5, 5.41) is 3.49. The highest BCUT2D eigenvalue weighted by Gasteiger charge is 2.50. The Bertz CT molecular complexity index is 992. The number of hydrogen-bond donors (Lipinski definition) is 1. The SMILES string of the molecule is COc1cc(C(F)(F)F)ccc1-c1cc(C)nc([C@@H]2CC[C@]3(CCN(C)C3=O)N2)c1. The van der Waals surface area contributed by atoms with Crippen molar-refractivity contribution in [2.75, 3.05) is 20.7 Å². The molecule has 5 nitrogen and oxygen atoms in total. The summed E-state index contributed by atoms with van der Waals surface area (Å²) < 4.78 is 44.5. The van der Waals surface area contributed by atoms with Crippen molar-refractivity contribution in [2.45, 2.75) is 43.9 Å². The molecule has 3 heterocycles. The Labute approximate surface area is 173 Å². The number of hydrogen-bond acceptors (Lipinski definition) is 4. The molecule has 1 N–H and O–H groups in total. The van der Waals surface area contributed by atoms with Crippen molar-refractivity contribution < 1.29 is 22.7 Å². The lowest BCUT2D eigenvalue weighted by Crippen LogP contribution is -2.47. The summed E-state index contributed by atoms with van der Waals surface area (Å²) >= 11 is 0. The van der Waals surface area contributed by atoms with Gasteiger partial charge >= 0.3 is 6.18 Å². The zero-order chi connectivity index (χ0) is 21.7. The molecule has 1 amide bonds. The Hall–Kier alpha value is -2.61. The quantitative estimate of drug-likeness (QED) is 0.814. The number of likely N-dealkylation sites (tertiary alicyclic amines) is 1. The molecule has 1 aromatic heterocycles. The van der Waals surface area contributed by atoms with E-state index in [1.165, 1.54) is 13.2 Å². The minimum Gasteiger partial charge on any atom is -0.496 e. The van der Waals surface area contributed by atoms with Crippen LogP contribution in [0.4, 0.5) is 13.2 Å². The van der Waals surface area contributed by atoms with Crippen LogP contribution in [-0.4, -0.2) is 42.0 Å². The van der Waals surface area contributed by atoms with E-state index in [4.69, 9.17) is 4.74 Å². The molecule has 2 atom stereocenters. The van der Waals surface area contributed by atoms with Crippen LogP contribution in [0.15, 0.2) is 30.3 Å². The van der Waals surface area contributed by atoms with Crippen molar-refractivity contribution in [2.24, 2.45) is 0 Å². The van der Waals surface area contributed by atoms with Gasteiger partial charge in [0.25, 0.3) is 0 Å². The van der Waals surface area contributed by atoms with Crippen molar-refractivity contribution in [1.82, 2.24) is 15.2 Å². The highest BCUT2D eigenvalue weighted by molar-refractivity contribution is 5.88. The summed E-state index contributed by atoms with van der Waals surface area (Å²) in [6.07, 6.45) is -2.15. The first-order valence-electron chi connectivity index (χ1n) is 9.90. The fourth-order valence-electron chi connectivity index (χ4n) is 4.52. The molecule has 2 aromatic rings. The summed E-state index contributed by atoms with van der Waals surface area (Å²) in [5.41, 5.74) is 1.56. The first kappa shape index (κ1) is 20.7. The topological polar surface area (TPSA) is 54.5 Å². The molecule has 2 aliphatic rings. The number of halogens is 3. The van der Waals surface area contributed by atoms with E-state index in [0.717, 1.165) is 54.9 Å². The van der Waals surface area contributed by atoms with Crippen LogP contribution in [0.5, 0.6) is 5.75 Å². The molecule has 30 heavy (non-hydrogen) atoms. The van der Waals surface area contributed by atoms with Crippen LogP contribution in [0, 0.1) is 6.92 Å². The second-order valence-corrected chi connectivity index (χ2v) is 8.13. The van der Waals surface area contributed by atoms with Crippen molar-refractivity contribution in [1.29, 1.82) is 0 Å². The van der Waals surface area contributed by atoms with E-state index in [0.29, 0.717) is 5.56 Å². The second kappa shape index (κ2) is 7.27. The highest BCUT2D eigenvalue weighted by Crippen LogP contribution is 2.41. The number of amides is 1. The third kappa shape index (κ3) is 3.53. The number of benzene rings is 1. The number of rotatable bonds is 3. The fraction of sp³-hybridized carbons (Fsp3) is 0.455. The third-order valence-corrected chi connectivity index (χ3v) is 6.11. The molecule has 2 saturated heterocycles. The Morgan fingerprint density at radius 3 is 2.63 bits per heavy atom. The van der Waals surface area contributed by atoms with Crippen LogP contribution in [-0.2, 0) is 11.0 Å². The molecule has 0 bridgehead atoms. The average Bonchev–Trinajstić information content (AvgIpc) is 3.26. The third-order valence-electron chi connectivity index (χ3n) is 6.11. The Morgan fingerprint density at radius 2 is 2.00 bits per heavy atom. The van der Waals surface area contributed by atoms with Gasteiger partial charge in [-0.3, -0.25) is 15.1 Å². The van der Waals surface area contributed by atoms with Gasteiger partial charge in [-0.05, 0) is 56.0 Å². The van der Waals surface area contributed by atoms with E-state index in [2.05, 4.69) is 10.3 Å². The van der Waals surface area contributed by atoms with Crippen LogP contribution in [0.3, 0.4) is 0 Å². The molecule has 160 valence electrons. The van der Waals surface area contributed by atoms with Crippen LogP contribution in [0.25, 0.3) is 11.1 Å². The largest absolute Gasteiger partial charge is 0.496 e. The maximum absolute atomic E-state index is 13.1. The number of pyridine rings is 1. The number of carbonyl (C=O) groups excluding carboxylic acids is 1. The monoisotopic (exact) mass is 419 g/mol. The number of carbonyl (C=O) groups is 1. The van der Waals surface area contributed by atoms with Crippen LogP contribution >= 0.6 is 0 Å². The second-order valence-electron chi connectivity index (χ2n) is 8.13. The number of likely N-dealkylation sites (N-methyl/N-ethyl adjacent to an activating group) is 1. The number of alkyl halides is 3. The molecule has 0 radical (unpaired) electrons. The molecule has 8 heteroatoms. The zero-order valence-electron chi connectivity index (χ0n) is 17.1. The van der Waals surface area contributed by atoms with Crippen molar-refractivity contribution >= 4 is 5.91 Å². The fourth-order valence-corrected chi connectivity index (χ4v) is 4.52. The van der Waals surface area contributed by atoms with Gasteiger partial charge in [0.05, 0.1) is 24.4 Å². The Morgan fingerprint density at radius 1 is 1.23 bits per heavy atom. The molecule has 1 spiro atoms. The number of ether oxygens (including phenoxy) is 1. The number of aromatic nitrogens is 1. The minimum atomic E-state index is -4.44. The van der Waals surface area contributed by atoms with E-state index in [1.54, 1.807) is 4.90 Å². The maximum Gasteiger partial charge on any atom is 0.416 e. The zero-order valence-corrected chi connectivity index (χ0v) is 17.1. The van der Waals surface area contributed by atoms with Gasteiger partial charge in [0.1, 0.15) is 11.3 Å². The number of nitrogens with one attached hydrogen (secondary N) is 1. The summed E-state index contributed by atoms with van der Waals surface area (Å²) in [5.74, 6) is 0.270.